The molecule has 7 N–H and O–H groups in total. The van der Waals surface area contributed by atoms with E-state index in [0.717, 1.165) is 22.3 Å². The number of nitrogen functional groups attached to an aromatic ring is 2. The van der Waals surface area contributed by atoms with E-state index in [9.17, 15) is 23.4 Å². The number of carboxylic acid groups (broad SMARTS) is 1. The standard InChI is InChI=1S/C34H30N8O6S.2Na/c1-18-14-21(4-11-27(18)39-38-24-8-13-30(43)26(17-24)34(44)45)22-5-12-28(19(2)15-22)40-42-33-31(35)20(3)16-29(32(33)36)41-37-23-6-9-25(10-7-23)49(46,47)48;;/h4-17,43H,35-36H2,1-3H3,(H,44,45)(H,46,47,48);;/q;2*+1. The fraction of sp³-hybridized carbons (Fsp3) is 0.0882. The van der Waals surface area contributed by atoms with E-state index in [2.05, 4.69) is 30.7 Å². The Labute approximate surface area is 337 Å². The maximum absolute atomic E-state index is 11.3. The van der Waals surface area contributed by atoms with Gasteiger partial charge in [-0.05, 0) is 121 Å². The van der Waals surface area contributed by atoms with Crippen LogP contribution in [0.1, 0.15) is 27.0 Å². The summed E-state index contributed by atoms with van der Waals surface area (Å²) in [6.07, 6.45) is 0. The number of aryl methyl sites for hydroxylation is 3. The molecule has 0 aliphatic rings. The molecule has 0 saturated carbocycles. The van der Waals surface area contributed by atoms with Crippen molar-refractivity contribution in [1.29, 1.82) is 0 Å². The van der Waals surface area contributed by atoms with Crippen molar-refractivity contribution < 1.29 is 87.1 Å². The number of benzene rings is 5. The van der Waals surface area contributed by atoms with Gasteiger partial charge in [0.2, 0.25) is 0 Å². The summed E-state index contributed by atoms with van der Waals surface area (Å²) in [5, 5.41) is 44.4. The van der Waals surface area contributed by atoms with Crippen LogP contribution in [0.15, 0.2) is 121 Å². The molecule has 14 nitrogen and oxygen atoms in total. The number of aromatic hydroxyl groups is 1. The van der Waals surface area contributed by atoms with Crippen molar-refractivity contribution in [1.82, 2.24) is 0 Å². The van der Waals surface area contributed by atoms with Crippen LogP contribution in [-0.4, -0.2) is 29.2 Å². The molecule has 17 heteroatoms. The van der Waals surface area contributed by atoms with Crippen molar-refractivity contribution in [2.75, 3.05) is 11.5 Å². The predicted molar refractivity (Wildman–Crippen MR) is 185 cm³/mol. The minimum absolute atomic E-state index is 0. The van der Waals surface area contributed by atoms with Crippen LogP contribution < -0.4 is 70.6 Å². The molecule has 0 amide bonds. The molecule has 0 radical (unpaired) electrons. The molecule has 0 fully saturated rings. The normalized spacial score (nSPS) is 11.5. The number of rotatable bonds is 9. The first kappa shape index (κ1) is 41.1. The van der Waals surface area contributed by atoms with Crippen LogP contribution in [0.2, 0.25) is 0 Å². The molecule has 248 valence electrons. The quantitative estimate of drug-likeness (QED) is 0.0652. The molecule has 0 heterocycles. The van der Waals surface area contributed by atoms with Crippen molar-refractivity contribution in [3.05, 3.63) is 107 Å². The smallest absolute Gasteiger partial charge is 0.507 e. The minimum atomic E-state index is -4.33. The Morgan fingerprint density at radius 3 is 1.65 bits per heavy atom. The number of nitrogens with two attached hydrogens (primary N) is 2. The molecule has 0 aromatic heterocycles. The van der Waals surface area contributed by atoms with E-state index in [1.807, 2.05) is 50.2 Å². The maximum atomic E-state index is 11.3. The van der Waals surface area contributed by atoms with Crippen molar-refractivity contribution in [3.63, 3.8) is 0 Å². The molecular formula is C34H30N8Na2O6S+2. The molecule has 0 atom stereocenters. The zero-order valence-electron chi connectivity index (χ0n) is 28.4. The van der Waals surface area contributed by atoms with Crippen LogP contribution in [0, 0.1) is 20.8 Å². The van der Waals surface area contributed by atoms with Gasteiger partial charge >= 0.3 is 65.1 Å². The third-order valence-corrected chi connectivity index (χ3v) is 8.31. The van der Waals surface area contributed by atoms with Crippen LogP contribution >= 0.6 is 0 Å². The van der Waals surface area contributed by atoms with Gasteiger partial charge in [0.05, 0.1) is 39.0 Å². The van der Waals surface area contributed by atoms with E-state index in [4.69, 9.17) is 16.0 Å². The van der Waals surface area contributed by atoms with Gasteiger partial charge in [0.1, 0.15) is 22.7 Å². The Kier molecular flexibility index (Phi) is 13.9. The van der Waals surface area contributed by atoms with Crippen LogP contribution in [-0.2, 0) is 10.1 Å². The zero-order valence-corrected chi connectivity index (χ0v) is 33.2. The molecule has 5 rings (SSSR count). The topological polar surface area (TPSA) is 238 Å². The average Bonchev–Trinajstić information content (AvgIpc) is 3.06. The fourth-order valence-electron chi connectivity index (χ4n) is 4.67. The van der Waals surface area contributed by atoms with Crippen molar-refractivity contribution in [3.8, 4) is 16.9 Å². The number of phenols is 1. The van der Waals surface area contributed by atoms with Crippen LogP contribution in [0.5, 0.6) is 5.75 Å². The van der Waals surface area contributed by atoms with Gasteiger partial charge in [-0.3, -0.25) is 4.55 Å². The van der Waals surface area contributed by atoms with E-state index < -0.39 is 16.1 Å². The maximum Gasteiger partial charge on any atom is 1.00 e. The summed E-state index contributed by atoms with van der Waals surface area (Å²) in [6, 6.07) is 22.2. The van der Waals surface area contributed by atoms with E-state index >= 15 is 0 Å². The second kappa shape index (κ2) is 17.3. The average molecular weight is 725 g/mol. The second-order valence-corrected chi connectivity index (χ2v) is 12.4. The first-order valence-electron chi connectivity index (χ1n) is 14.5. The number of carbonyl (C=O) groups is 1. The molecule has 51 heavy (non-hydrogen) atoms. The molecule has 5 aromatic rings. The van der Waals surface area contributed by atoms with Gasteiger partial charge in [-0.25, -0.2) is 4.79 Å². The molecule has 5 aromatic carbocycles. The van der Waals surface area contributed by atoms with Gasteiger partial charge in [0.25, 0.3) is 10.1 Å². The Morgan fingerprint density at radius 1 is 0.608 bits per heavy atom. The monoisotopic (exact) mass is 724 g/mol. The second-order valence-electron chi connectivity index (χ2n) is 11.0. The molecule has 0 aliphatic carbocycles. The Bertz CT molecular complexity index is 2320. The van der Waals surface area contributed by atoms with Crippen molar-refractivity contribution >= 4 is 61.6 Å². The van der Waals surface area contributed by atoms with Gasteiger partial charge < -0.3 is 21.7 Å². The van der Waals surface area contributed by atoms with E-state index in [1.165, 1.54) is 42.5 Å². The summed E-state index contributed by atoms with van der Waals surface area (Å²) in [4.78, 5) is 11.0. The third-order valence-electron chi connectivity index (χ3n) is 7.44. The molecule has 0 bridgehead atoms. The third kappa shape index (κ3) is 9.93. The van der Waals surface area contributed by atoms with E-state index in [1.54, 1.807) is 13.0 Å². The summed E-state index contributed by atoms with van der Waals surface area (Å²) in [5.41, 5.74) is 19.4. The summed E-state index contributed by atoms with van der Waals surface area (Å²) in [7, 11) is -4.33. The Balaban J connectivity index is 0.00000351. The Morgan fingerprint density at radius 2 is 1.12 bits per heavy atom. The minimum Gasteiger partial charge on any atom is -0.507 e. The Hall–Kier alpha value is -4.32. The van der Waals surface area contributed by atoms with Gasteiger partial charge in [-0.2, -0.15) is 28.9 Å². The zero-order chi connectivity index (χ0) is 35.5. The predicted octanol–water partition coefficient (Wildman–Crippen LogP) is 3.35. The first-order valence-corrected chi connectivity index (χ1v) is 15.9. The van der Waals surface area contributed by atoms with E-state index in [-0.39, 0.29) is 92.4 Å². The SMILES string of the molecule is Cc1cc(-c2ccc(N=Nc3c(N)c(C)cc(N=Nc4ccc(S(=O)(=O)O)cc4)c3N)c(C)c2)ccc1N=Nc1ccc(O)c(C(=O)O)c1.[Na+].[Na+]. The molecule has 0 saturated heterocycles. The first-order chi connectivity index (χ1) is 23.2. The van der Waals surface area contributed by atoms with Gasteiger partial charge in [0, 0.05) is 0 Å². The van der Waals surface area contributed by atoms with Gasteiger partial charge in [-0.1, -0.05) is 12.1 Å². The molecule has 0 unspecified atom stereocenters. The number of carboxylic acids is 1. The number of hydrogen-bond acceptors (Lipinski definition) is 12. The summed E-state index contributed by atoms with van der Waals surface area (Å²) in [5.74, 6) is -1.61. The van der Waals surface area contributed by atoms with Crippen LogP contribution in [0.4, 0.5) is 45.5 Å². The number of nitrogens with zero attached hydrogens (tertiary/aromatic N) is 6. The summed E-state index contributed by atoms with van der Waals surface area (Å²) in [6.45, 7) is 5.55. The number of anilines is 2. The largest absolute Gasteiger partial charge is 1.00 e. The van der Waals surface area contributed by atoms with Gasteiger partial charge in [0.15, 0.2) is 0 Å². The van der Waals surface area contributed by atoms with Gasteiger partial charge in [-0.15, -0.1) is 10.2 Å². The molecular weight excluding hydrogens is 694 g/mol. The van der Waals surface area contributed by atoms with Crippen molar-refractivity contribution in [2.24, 2.45) is 30.7 Å². The van der Waals surface area contributed by atoms with Crippen molar-refractivity contribution in [2.45, 2.75) is 25.7 Å². The number of azo groups is 3. The summed E-state index contributed by atoms with van der Waals surface area (Å²) < 4.78 is 31.7. The molecule has 0 aliphatic heterocycles. The van der Waals surface area contributed by atoms with E-state index in [0.29, 0.717) is 34.0 Å². The fourth-order valence-corrected chi connectivity index (χ4v) is 5.15. The number of aromatic carboxylic acids is 1. The van der Waals surface area contributed by atoms with Crippen LogP contribution in [0.3, 0.4) is 0 Å². The number of hydrogen-bond donors (Lipinski definition) is 5. The molecule has 0 spiro atoms. The summed E-state index contributed by atoms with van der Waals surface area (Å²) >= 11 is 0. The van der Waals surface area contributed by atoms with Crippen LogP contribution in [0.25, 0.3) is 11.1 Å².